The number of methoxy groups -OCH3 is 1. The molecule has 0 bridgehead atoms. The van der Waals surface area contributed by atoms with Gasteiger partial charge in [0.05, 0.1) is 17.7 Å². The molecule has 3 nitrogen and oxygen atoms in total. The van der Waals surface area contributed by atoms with E-state index >= 15 is 0 Å². The lowest BCUT2D eigenvalue weighted by molar-refractivity contribution is 0.199. The molecule has 0 heterocycles. The van der Waals surface area contributed by atoms with Gasteiger partial charge in [0.15, 0.2) is 0 Å². The van der Waals surface area contributed by atoms with Crippen LogP contribution >= 0.6 is 15.9 Å². The van der Waals surface area contributed by atoms with Gasteiger partial charge in [0, 0.05) is 20.2 Å². The van der Waals surface area contributed by atoms with E-state index in [0.717, 1.165) is 42.4 Å². The second-order valence-corrected chi connectivity index (χ2v) is 6.25. The molecule has 0 aromatic heterocycles. The van der Waals surface area contributed by atoms with Gasteiger partial charge in [-0.2, -0.15) is 0 Å². The number of halogens is 1. The second kappa shape index (κ2) is 8.65. The van der Waals surface area contributed by atoms with Gasteiger partial charge in [-0.3, -0.25) is 0 Å². The van der Waals surface area contributed by atoms with Crippen molar-refractivity contribution in [2.24, 2.45) is 5.92 Å². The predicted octanol–water partition coefficient (Wildman–Crippen LogP) is 3.75. The zero-order valence-electron chi connectivity index (χ0n) is 12.2. The molecule has 0 spiro atoms. The fourth-order valence-corrected chi connectivity index (χ4v) is 3.10. The van der Waals surface area contributed by atoms with Crippen molar-refractivity contribution in [3.63, 3.8) is 0 Å². The number of ether oxygens (including phenoxy) is 2. The number of hydrogen-bond acceptors (Lipinski definition) is 3. The fraction of sp³-hybridized carbons (Fsp3) is 0.625. The van der Waals surface area contributed by atoms with Gasteiger partial charge in [0.1, 0.15) is 5.75 Å². The maximum absolute atomic E-state index is 5.93. The van der Waals surface area contributed by atoms with Crippen LogP contribution in [-0.4, -0.2) is 26.9 Å². The van der Waals surface area contributed by atoms with E-state index in [0.29, 0.717) is 0 Å². The van der Waals surface area contributed by atoms with Gasteiger partial charge in [0.2, 0.25) is 0 Å². The SMILES string of the molecule is COCCNCc1ccc(OCC2CCCC2)c(Br)c1. The van der Waals surface area contributed by atoms with Gasteiger partial charge in [0.25, 0.3) is 0 Å². The van der Waals surface area contributed by atoms with E-state index in [-0.39, 0.29) is 0 Å². The summed E-state index contributed by atoms with van der Waals surface area (Å²) in [5.74, 6) is 1.70. The van der Waals surface area contributed by atoms with Crippen LogP contribution < -0.4 is 10.1 Å². The highest BCUT2D eigenvalue weighted by atomic mass is 79.9. The lowest BCUT2D eigenvalue weighted by Gasteiger charge is -2.13. The average Bonchev–Trinajstić information content (AvgIpc) is 2.96. The molecule has 1 N–H and O–H groups in total. The molecule has 20 heavy (non-hydrogen) atoms. The molecule has 1 saturated carbocycles. The Morgan fingerprint density at radius 2 is 2.10 bits per heavy atom. The molecule has 1 aliphatic carbocycles. The Hall–Kier alpha value is -0.580. The van der Waals surface area contributed by atoms with Gasteiger partial charge < -0.3 is 14.8 Å². The number of benzene rings is 1. The molecule has 1 aliphatic rings. The van der Waals surface area contributed by atoms with E-state index in [1.807, 2.05) is 0 Å². The Morgan fingerprint density at radius 3 is 2.80 bits per heavy atom. The number of hydrogen-bond donors (Lipinski definition) is 1. The molecule has 2 rings (SSSR count). The fourth-order valence-electron chi connectivity index (χ4n) is 2.56. The minimum absolute atomic E-state index is 0.740. The third-order valence-corrected chi connectivity index (χ3v) is 4.38. The summed E-state index contributed by atoms with van der Waals surface area (Å²) in [6, 6.07) is 6.31. The first kappa shape index (κ1) is 15.8. The summed E-state index contributed by atoms with van der Waals surface area (Å²) >= 11 is 3.60. The Morgan fingerprint density at radius 1 is 1.30 bits per heavy atom. The van der Waals surface area contributed by atoms with Crippen molar-refractivity contribution in [1.82, 2.24) is 5.32 Å². The van der Waals surface area contributed by atoms with Crippen molar-refractivity contribution in [1.29, 1.82) is 0 Å². The van der Waals surface area contributed by atoms with Crippen LogP contribution in [0.1, 0.15) is 31.2 Å². The normalized spacial score (nSPS) is 15.7. The second-order valence-electron chi connectivity index (χ2n) is 5.40. The van der Waals surface area contributed by atoms with E-state index < -0.39 is 0 Å². The van der Waals surface area contributed by atoms with Gasteiger partial charge in [-0.15, -0.1) is 0 Å². The quantitative estimate of drug-likeness (QED) is 0.730. The van der Waals surface area contributed by atoms with Crippen molar-refractivity contribution in [2.45, 2.75) is 32.2 Å². The van der Waals surface area contributed by atoms with Crippen molar-refractivity contribution in [3.05, 3.63) is 28.2 Å². The maximum atomic E-state index is 5.93. The molecule has 0 unspecified atom stereocenters. The van der Waals surface area contributed by atoms with Crippen LogP contribution in [0, 0.1) is 5.92 Å². The molecule has 1 aromatic rings. The van der Waals surface area contributed by atoms with Crippen molar-refractivity contribution < 1.29 is 9.47 Å². The first-order chi connectivity index (χ1) is 9.79. The summed E-state index contributed by atoms with van der Waals surface area (Å²) in [7, 11) is 1.72. The van der Waals surface area contributed by atoms with E-state index in [2.05, 4.69) is 39.4 Å². The lowest BCUT2D eigenvalue weighted by atomic mass is 10.1. The van der Waals surface area contributed by atoms with E-state index in [1.165, 1.54) is 31.2 Å². The molecular weight excluding hydrogens is 318 g/mol. The molecule has 0 saturated heterocycles. The van der Waals surface area contributed by atoms with Gasteiger partial charge in [-0.25, -0.2) is 0 Å². The highest BCUT2D eigenvalue weighted by Crippen LogP contribution is 2.29. The minimum Gasteiger partial charge on any atom is -0.492 e. The minimum atomic E-state index is 0.740. The highest BCUT2D eigenvalue weighted by Gasteiger charge is 2.16. The number of nitrogens with one attached hydrogen (secondary N) is 1. The van der Waals surface area contributed by atoms with Crippen molar-refractivity contribution in [3.8, 4) is 5.75 Å². The first-order valence-corrected chi connectivity index (χ1v) is 8.20. The molecule has 112 valence electrons. The Kier molecular flexibility index (Phi) is 6.83. The van der Waals surface area contributed by atoms with Crippen LogP contribution in [0.3, 0.4) is 0 Å². The van der Waals surface area contributed by atoms with Crippen LogP contribution in [0.15, 0.2) is 22.7 Å². The summed E-state index contributed by atoms with van der Waals surface area (Å²) < 4.78 is 12.0. The largest absolute Gasteiger partial charge is 0.492 e. The Labute approximate surface area is 130 Å². The number of rotatable bonds is 8. The van der Waals surface area contributed by atoms with Crippen LogP contribution in [0.5, 0.6) is 5.75 Å². The summed E-state index contributed by atoms with van der Waals surface area (Å²) in [5.41, 5.74) is 1.25. The standard InChI is InChI=1S/C16H24BrNO2/c1-19-9-8-18-11-14-6-7-16(15(17)10-14)20-12-13-4-2-3-5-13/h6-7,10,13,18H,2-5,8-9,11-12H2,1H3. The first-order valence-electron chi connectivity index (χ1n) is 7.40. The predicted molar refractivity (Wildman–Crippen MR) is 85.2 cm³/mol. The summed E-state index contributed by atoms with van der Waals surface area (Å²) in [6.07, 6.45) is 5.36. The summed E-state index contributed by atoms with van der Waals surface area (Å²) in [6.45, 7) is 3.31. The molecule has 0 radical (unpaired) electrons. The third-order valence-electron chi connectivity index (χ3n) is 3.76. The monoisotopic (exact) mass is 341 g/mol. The van der Waals surface area contributed by atoms with E-state index in [9.17, 15) is 0 Å². The highest BCUT2D eigenvalue weighted by molar-refractivity contribution is 9.10. The van der Waals surface area contributed by atoms with Crippen LogP contribution in [0.25, 0.3) is 0 Å². The van der Waals surface area contributed by atoms with Crippen LogP contribution in [0.2, 0.25) is 0 Å². The molecule has 4 heteroatoms. The van der Waals surface area contributed by atoms with Crippen LogP contribution in [-0.2, 0) is 11.3 Å². The van der Waals surface area contributed by atoms with E-state index in [4.69, 9.17) is 9.47 Å². The topological polar surface area (TPSA) is 30.5 Å². The lowest BCUT2D eigenvalue weighted by Crippen LogP contribution is -2.18. The molecule has 0 amide bonds. The van der Waals surface area contributed by atoms with Crippen molar-refractivity contribution in [2.75, 3.05) is 26.9 Å². The maximum Gasteiger partial charge on any atom is 0.133 e. The Bertz CT molecular complexity index is 405. The average molecular weight is 342 g/mol. The van der Waals surface area contributed by atoms with Gasteiger partial charge in [-0.05, 0) is 52.4 Å². The zero-order chi connectivity index (χ0) is 14.2. The molecular formula is C16H24BrNO2. The van der Waals surface area contributed by atoms with Crippen LogP contribution in [0.4, 0.5) is 0 Å². The smallest absolute Gasteiger partial charge is 0.133 e. The summed E-state index contributed by atoms with van der Waals surface area (Å²) in [4.78, 5) is 0. The molecule has 0 aliphatic heterocycles. The Balaban J connectivity index is 1.78. The van der Waals surface area contributed by atoms with Crippen molar-refractivity contribution >= 4 is 15.9 Å². The summed E-state index contributed by atoms with van der Waals surface area (Å²) in [5, 5.41) is 3.34. The van der Waals surface area contributed by atoms with Gasteiger partial charge >= 0.3 is 0 Å². The van der Waals surface area contributed by atoms with Gasteiger partial charge in [-0.1, -0.05) is 18.9 Å². The molecule has 0 atom stereocenters. The zero-order valence-corrected chi connectivity index (χ0v) is 13.7. The molecule has 1 aromatic carbocycles. The third kappa shape index (κ3) is 5.08. The molecule has 1 fully saturated rings. The van der Waals surface area contributed by atoms with E-state index in [1.54, 1.807) is 7.11 Å².